The predicted octanol–water partition coefficient (Wildman–Crippen LogP) is 0.768. The molecular formula is C12H16N2O4S. The van der Waals surface area contributed by atoms with Crippen LogP contribution in [0.5, 0.6) is 0 Å². The van der Waals surface area contributed by atoms with Crippen LogP contribution in [0.2, 0.25) is 0 Å². The number of nitrogens with one attached hydrogen (secondary N) is 1. The minimum Gasteiger partial charge on any atom is -0.461 e. The summed E-state index contributed by atoms with van der Waals surface area (Å²) in [6, 6.07) is 0. The summed E-state index contributed by atoms with van der Waals surface area (Å²) in [6.07, 6.45) is 4.77. The van der Waals surface area contributed by atoms with Crippen LogP contribution in [0.25, 0.3) is 0 Å². The molecule has 1 unspecified atom stereocenters. The Labute approximate surface area is 112 Å². The molecule has 1 heterocycles. The van der Waals surface area contributed by atoms with Gasteiger partial charge in [-0.3, -0.25) is 4.72 Å². The molecule has 104 valence electrons. The Balaban J connectivity index is 1.84. The van der Waals surface area contributed by atoms with Crippen molar-refractivity contribution in [3.8, 4) is 0 Å². The second-order valence-corrected chi connectivity index (χ2v) is 6.63. The highest BCUT2D eigenvalue weighted by molar-refractivity contribution is 7.88. The van der Waals surface area contributed by atoms with Crippen molar-refractivity contribution in [1.82, 2.24) is 4.72 Å². The molecule has 1 aliphatic heterocycles. The minimum absolute atomic E-state index is 0.129. The lowest BCUT2D eigenvalue weighted by Gasteiger charge is -2.20. The number of fused-ring (bicyclic) bond motifs is 1. The van der Waals surface area contributed by atoms with Gasteiger partial charge in [0, 0.05) is 11.6 Å². The van der Waals surface area contributed by atoms with Crippen molar-refractivity contribution >= 4 is 21.9 Å². The standard InChI is InChI=1S/C12H16N2O4S/c1-2-18-12(15)11-6-10(13-19(16,17)14-11)9-4-7-3-8(7)5-9/h6-9,13H,2-5H2,1H3/t7-,8+,9?. The maximum absolute atomic E-state index is 11.7. The second kappa shape index (κ2) is 4.33. The van der Waals surface area contributed by atoms with Gasteiger partial charge >= 0.3 is 16.2 Å². The van der Waals surface area contributed by atoms with E-state index in [1.54, 1.807) is 6.92 Å². The molecule has 3 rings (SSSR count). The van der Waals surface area contributed by atoms with Crippen molar-refractivity contribution < 1.29 is 17.9 Å². The molecule has 0 spiro atoms. The van der Waals surface area contributed by atoms with Crippen LogP contribution in [0.4, 0.5) is 0 Å². The first-order valence-electron chi connectivity index (χ1n) is 6.50. The highest BCUT2D eigenvalue weighted by atomic mass is 32.2. The maximum atomic E-state index is 11.7. The molecule has 3 atom stereocenters. The summed E-state index contributed by atoms with van der Waals surface area (Å²) in [6.45, 7) is 1.87. The highest BCUT2D eigenvalue weighted by Gasteiger charge is 2.47. The number of hydrogen-bond acceptors (Lipinski definition) is 4. The van der Waals surface area contributed by atoms with E-state index < -0.39 is 16.2 Å². The van der Waals surface area contributed by atoms with Crippen molar-refractivity contribution in [3.05, 3.63) is 11.8 Å². The van der Waals surface area contributed by atoms with Crippen molar-refractivity contribution in [1.29, 1.82) is 0 Å². The third-order valence-electron chi connectivity index (χ3n) is 3.93. The molecule has 0 saturated heterocycles. The molecule has 0 aromatic heterocycles. The third-order valence-corrected chi connectivity index (χ3v) is 4.86. The smallest absolute Gasteiger partial charge is 0.357 e. The number of esters is 1. The molecule has 1 N–H and O–H groups in total. The van der Waals surface area contributed by atoms with E-state index in [4.69, 9.17) is 4.74 Å². The number of carbonyl (C=O) groups is 1. The fourth-order valence-corrected chi connectivity index (χ4v) is 3.93. The van der Waals surface area contributed by atoms with Gasteiger partial charge in [0.2, 0.25) is 0 Å². The van der Waals surface area contributed by atoms with Crippen molar-refractivity contribution in [3.63, 3.8) is 0 Å². The Morgan fingerprint density at radius 2 is 2.11 bits per heavy atom. The van der Waals surface area contributed by atoms with E-state index >= 15 is 0 Å². The molecule has 2 aliphatic carbocycles. The lowest BCUT2D eigenvalue weighted by Crippen LogP contribution is -2.33. The van der Waals surface area contributed by atoms with E-state index in [1.807, 2.05) is 0 Å². The van der Waals surface area contributed by atoms with Gasteiger partial charge in [-0.1, -0.05) is 0 Å². The largest absolute Gasteiger partial charge is 0.461 e. The van der Waals surface area contributed by atoms with Gasteiger partial charge in [0.05, 0.1) is 6.61 Å². The summed E-state index contributed by atoms with van der Waals surface area (Å²) in [5.74, 6) is 0.979. The number of nitrogens with zero attached hydrogens (tertiary/aromatic N) is 1. The zero-order valence-corrected chi connectivity index (χ0v) is 11.4. The van der Waals surface area contributed by atoms with Gasteiger partial charge in [-0.25, -0.2) is 4.79 Å². The lowest BCUT2D eigenvalue weighted by molar-refractivity contribution is -0.134. The molecule has 19 heavy (non-hydrogen) atoms. The van der Waals surface area contributed by atoms with Gasteiger partial charge in [-0.05, 0) is 44.1 Å². The molecular weight excluding hydrogens is 268 g/mol. The summed E-state index contributed by atoms with van der Waals surface area (Å²) >= 11 is 0. The topological polar surface area (TPSA) is 84.8 Å². The molecule has 3 aliphatic rings. The first-order chi connectivity index (χ1) is 8.98. The first-order valence-corrected chi connectivity index (χ1v) is 7.94. The average molecular weight is 284 g/mol. The quantitative estimate of drug-likeness (QED) is 0.776. The monoisotopic (exact) mass is 284 g/mol. The third kappa shape index (κ3) is 2.51. The maximum Gasteiger partial charge on any atom is 0.357 e. The fourth-order valence-electron chi connectivity index (χ4n) is 2.98. The van der Waals surface area contributed by atoms with E-state index in [9.17, 15) is 13.2 Å². The van der Waals surface area contributed by atoms with Crippen LogP contribution in [0, 0.1) is 17.8 Å². The molecule has 0 aromatic carbocycles. The molecule has 0 bridgehead atoms. The lowest BCUT2D eigenvalue weighted by atomic mass is 9.99. The Morgan fingerprint density at radius 3 is 2.74 bits per heavy atom. The summed E-state index contributed by atoms with van der Waals surface area (Å²) in [7, 11) is -3.82. The molecule has 0 aromatic rings. The van der Waals surface area contributed by atoms with Gasteiger partial charge in [-0.2, -0.15) is 8.42 Å². The number of rotatable bonds is 3. The van der Waals surface area contributed by atoms with Crippen molar-refractivity contribution in [2.24, 2.45) is 22.2 Å². The zero-order valence-electron chi connectivity index (χ0n) is 10.6. The van der Waals surface area contributed by atoms with Gasteiger partial charge in [0.1, 0.15) is 0 Å². The number of carbonyl (C=O) groups excluding carboxylic acids is 1. The first kappa shape index (κ1) is 12.7. The molecule has 6 nitrogen and oxygen atoms in total. The Kier molecular flexibility index (Phi) is 2.88. The molecule has 0 radical (unpaired) electrons. The number of hydrogen-bond donors (Lipinski definition) is 1. The van der Waals surface area contributed by atoms with Crippen LogP contribution in [-0.2, 0) is 19.7 Å². The van der Waals surface area contributed by atoms with Crippen molar-refractivity contribution in [2.45, 2.75) is 26.2 Å². The van der Waals surface area contributed by atoms with Gasteiger partial charge in [0.25, 0.3) is 0 Å². The fraction of sp³-hybridized carbons (Fsp3) is 0.667. The summed E-state index contributed by atoms with van der Waals surface area (Å²) in [5, 5.41) is 0. The van der Waals surface area contributed by atoms with Gasteiger partial charge in [-0.15, -0.1) is 4.40 Å². The van der Waals surface area contributed by atoms with Crippen LogP contribution < -0.4 is 4.72 Å². The molecule has 7 heteroatoms. The molecule has 2 fully saturated rings. The van der Waals surface area contributed by atoms with Crippen molar-refractivity contribution in [2.75, 3.05) is 6.61 Å². The Bertz CT molecular complexity index is 569. The number of ether oxygens (including phenoxy) is 1. The average Bonchev–Trinajstić information content (AvgIpc) is 2.94. The zero-order chi connectivity index (χ0) is 13.6. The molecule has 2 saturated carbocycles. The Morgan fingerprint density at radius 1 is 1.42 bits per heavy atom. The van der Waals surface area contributed by atoms with Gasteiger partial charge < -0.3 is 4.74 Å². The predicted molar refractivity (Wildman–Crippen MR) is 68.5 cm³/mol. The highest BCUT2D eigenvalue weighted by Crippen LogP contribution is 2.55. The SMILES string of the molecule is CCOC(=O)C1=NS(=O)(=O)NC(C2C[C@@H]3C[C@@H]3C2)=C1. The van der Waals surface area contributed by atoms with Crippen LogP contribution >= 0.6 is 0 Å². The number of allylic oxidation sites excluding steroid dienone is 1. The van der Waals surface area contributed by atoms with Crippen LogP contribution in [0.1, 0.15) is 26.2 Å². The summed E-state index contributed by atoms with van der Waals surface area (Å²) in [5.41, 5.74) is 0.460. The van der Waals surface area contributed by atoms with E-state index in [0.717, 1.165) is 24.7 Å². The van der Waals surface area contributed by atoms with Crippen LogP contribution in [-0.4, -0.2) is 26.7 Å². The molecule has 0 amide bonds. The van der Waals surface area contributed by atoms with Crippen LogP contribution in [0.15, 0.2) is 16.2 Å². The van der Waals surface area contributed by atoms with E-state index in [1.165, 1.54) is 12.5 Å². The second-order valence-electron chi connectivity index (χ2n) is 5.30. The summed E-state index contributed by atoms with van der Waals surface area (Å²) in [4.78, 5) is 11.6. The van der Waals surface area contributed by atoms with Gasteiger partial charge in [0.15, 0.2) is 5.71 Å². The normalized spacial score (nSPS) is 34.7. The van der Waals surface area contributed by atoms with E-state index in [-0.39, 0.29) is 18.2 Å². The van der Waals surface area contributed by atoms with E-state index in [2.05, 4.69) is 9.12 Å². The van der Waals surface area contributed by atoms with Crippen LogP contribution in [0.3, 0.4) is 0 Å². The minimum atomic E-state index is -3.82. The summed E-state index contributed by atoms with van der Waals surface area (Å²) < 4.78 is 34.0. The van der Waals surface area contributed by atoms with E-state index in [0.29, 0.717) is 5.70 Å². The Hall–Kier alpha value is -1.37.